The lowest BCUT2D eigenvalue weighted by Gasteiger charge is -2.13. The summed E-state index contributed by atoms with van der Waals surface area (Å²) in [6.45, 7) is 0.934. The van der Waals surface area contributed by atoms with E-state index in [4.69, 9.17) is 19.2 Å². The molecule has 1 atom stereocenters. The molecule has 9 heteroatoms. The summed E-state index contributed by atoms with van der Waals surface area (Å²) in [5, 5.41) is 13.2. The second kappa shape index (κ2) is 9.62. The Morgan fingerprint density at radius 1 is 1.22 bits per heavy atom. The lowest BCUT2D eigenvalue weighted by Crippen LogP contribution is -2.41. The van der Waals surface area contributed by atoms with Gasteiger partial charge in [-0.3, -0.25) is 10.1 Å². The van der Waals surface area contributed by atoms with E-state index in [2.05, 4.69) is 5.32 Å². The van der Waals surface area contributed by atoms with E-state index in [0.29, 0.717) is 17.1 Å². The normalized spacial score (nSPS) is 11.0. The van der Waals surface area contributed by atoms with Gasteiger partial charge in [0, 0.05) is 0 Å². The Balaban J connectivity index is 1.69. The molecule has 0 saturated carbocycles. The van der Waals surface area contributed by atoms with Gasteiger partial charge in [0.25, 0.3) is 5.91 Å². The van der Waals surface area contributed by atoms with Gasteiger partial charge in [0.1, 0.15) is 11.5 Å². The molecule has 1 unspecified atom stereocenters. The number of rotatable bonds is 7. The van der Waals surface area contributed by atoms with Gasteiger partial charge in [-0.25, -0.2) is 9.59 Å². The molecule has 9 nitrogen and oxygen atoms in total. The molecule has 27 heavy (non-hydrogen) atoms. The maximum atomic E-state index is 11.8. The Morgan fingerprint density at radius 3 is 2.59 bits per heavy atom. The van der Waals surface area contributed by atoms with Crippen LogP contribution in [0, 0.1) is 11.3 Å². The molecule has 1 heterocycles. The number of nitrogens with one attached hydrogen (secondary N) is 2. The Labute approximate surface area is 154 Å². The fourth-order valence-electron chi connectivity index (χ4n) is 1.90. The lowest BCUT2D eigenvalue weighted by molar-refractivity contribution is -0.154. The molecule has 1 aromatic heterocycles. The summed E-state index contributed by atoms with van der Waals surface area (Å²) in [7, 11) is 0. The van der Waals surface area contributed by atoms with Crippen LogP contribution in [0.4, 0.5) is 4.79 Å². The van der Waals surface area contributed by atoms with Crippen LogP contribution in [0.15, 0.2) is 47.1 Å². The van der Waals surface area contributed by atoms with E-state index < -0.39 is 30.6 Å². The Kier molecular flexibility index (Phi) is 6.96. The van der Waals surface area contributed by atoms with E-state index in [1.165, 1.54) is 13.2 Å². The zero-order valence-corrected chi connectivity index (χ0v) is 14.4. The van der Waals surface area contributed by atoms with Gasteiger partial charge in [-0.15, -0.1) is 0 Å². The second-order valence-corrected chi connectivity index (χ2v) is 5.31. The Hall–Kier alpha value is -3.80. The standard InChI is InChI=1S/C18H17N3O6/c1-12(27-14-6-4-13(9-19)5-7-14)17(23)26-11-16(22)21-18(24)20-10-15-3-2-8-25-15/h2-8,12H,10-11H2,1H3,(H2,20,21,22,24). The van der Waals surface area contributed by atoms with Crippen LogP contribution in [-0.4, -0.2) is 30.6 Å². The van der Waals surface area contributed by atoms with Crippen molar-refractivity contribution in [2.45, 2.75) is 19.6 Å². The second-order valence-electron chi connectivity index (χ2n) is 5.31. The van der Waals surface area contributed by atoms with E-state index in [1.807, 2.05) is 11.4 Å². The summed E-state index contributed by atoms with van der Waals surface area (Å²) in [5.41, 5.74) is 0.458. The first-order valence-corrected chi connectivity index (χ1v) is 7.91. The molecular weight excluding hydrogens is 354 g/mol. The third kappa shape index (κ3) is 6.55. The van der Waals surface area contributed by atoms with E-state index in [1.54, 1.807) is 36.4 Å². The van der Waals surface area contributed by atoms with Crippen molar-refractivity contribution in [3.63, 3.8) is 0 Å². The Bertz CT molecular complexity index is 824. The highest BCUT2D eigenvalue weighted by Gasteiger charge is 2.18. The average Bonchev–Trinajstić information content (AvgIpc) is 3.18. The van der Waals surface area contributed by atoms with Crippen molar-refractivity contribution in [3.05, 3.63) is 54.0 Å². The molecular formula is C18H17N3O6. The fraction of sp³-hybridized carbons (Fsp3) is 0.222. The van der Waals surface area contributed by atoms with Crippen LogP contribution >= 0.6 is 0 Å². The van der Waals surface area contributed by atoms with Gasteiger partial charge in [0.05, 0.1) is 24.4 Å². The summed E-state index contributed by atoms with van der Waals surface area (Å²) < 4.78 is 15.2. The van der Waals surface area contributed by atoms with Crippen molar-refractivity contribution in [1.29, 1.82) is 5.26 Å². The van der Waals surface area contributed by atoms with Gasteiger partial charge in [-0.1, -0.05) is 0 Å². The number of hydrogen-bond acceptors (Lipinski definition) is 7. The number of benzene rings is 1. The van der Waals surface area contributed by atoms with Crippen molar-refractivity contribution in [1.82, 2.24) is 10.6 Å². The van der Waals surface area contributed by atoms with Gasteiger partial charge in [-0.2, -0.15) is 5.26 Å². The van der Waals surface area contributed by atoms with Crippen LogP contribution in [0.5, 0.6) is 5.75 Å². The van der Waals surface area contributed by atoms with Crippen molar-refractivity contribution >= 4 is 17.9 Å². The highest BCUT2D eigenvalue weighted by Crippen LogP contribution is 2.13. The average molecular weight is 371 g/mol. The zero-order valence-electron chi connectivity index (χ0n) is 14.4. The van der Waals surface area contributed by atoms with Crippen LogP contribution in [0.25, 0.3) is 0 Å². The van der Waals surface area contributed by atoms with Gasteiger partial charge >= 0.3 is 12.0 Å². The van der Waals surface area contributed by atoms with E-state index in [0.717, 1.165) is 0 Å². The maximum absolute atomic E-state index is 11.8. The summed E-state index contributed by atoms with van der Waals surface area (Å²) in [6.07, 6.45) is 0.485. The monoisotopic (exact) mass is 371 g/mol. The molecule has 1 aromatic carbocycles. The molecule has 0 bridgehead atoms. The van der Waals surface area contributed by atoms with Crippen molar-refractivity contribution in [3.8, 4) is 11.8 Å². The minimum absolute atomic E-state index is 0.112. The molecule has 0 aliphatic carbocycles. The van der Waals surface area contributed by atoms with E-state index in [9.17, 15) is 14.4 Å². The number of furan rings is 1. The highest BCUT2D eigenvalue weighted by atomic mass is 16.6. The Morgan fingerprint density at radius 2 is 1.96 bits per heavy atom. The predicted molar refractivity (Wildman–Crippen MR) is 91.3 cm³/mol. The molecule has 0 radical (unpaired) electrons. The van der Waals surface area contributed by atoms with Crippen molar-refractivity contribution in [2.24, 2.45) is 0 Å². The number of nitrogens with zero attached hydrogens (tertiary/aromatic N) is 1. The molecule has 0 fully saturated rings. The minimum atomic E-state index is -0.974. The molecule has 140 valence electrons. The predicted octanol–water partition coefficient (Wildman–Crippen LogP) is 1.49. The number of hydrogen-bond donors (Lipinski definition) is 2. The fourth-order valence-corrected chi connectivity index (χ4v) is 1.90. The molecule has 2 N–H and O–H groups in total. The third-order valence-corrected chi connectivity index (χ3v) is 3.23. The first-order chi connectivity index (χ1) is 13.0. The maximum Gasteiger partial charge on any atom is 0.347 e. The van der Waals surface area contributed by atoms with Crippen molar-refractivity contribution in [2.75, 3.05) is 6.61 Å². The molecule has 3 amide bonds. The summed E-state index contributed by atoms with van der Waals surface area (Å²) in [5.74, 6) is -0.658. The van der Waals surface area contributed by atoms with Crippen LogP contribution in [0.3, 0.4) is 0 Å². The molecule has 0 saturated heterocycles. The number of carbonyl (C=O) groups is 3. The summed E-state index contributed by atoms with van der Waals surface area (Å²) in [4.78, 5) is 35.0. The number of carbonyl (C=O) groups excluding carboxylic acids is 3. The third-order valence-electron chi connectivity index (χ3n) is 3.23. The number of urea groups is 1. The topological polar surface area (TPSA) is 131 Å². The number of ether oxygens (including phenoxy) is 2. The summed E-state index contributed by atoms with van der Waals surface area (Å²) in [6, 6.07) is 10.7. The van der Waals surface area contributed by atoms with E-state index in [-0.39, 0.29) is 6.54 Å². The smallest absolute Gasteiger partial charge is 0.347 e. The first-order valence-electron chi connectivity index (χ1n) is 7.91. The van der Waals surface area contributed by atoms with E-state index >= 15 is 0 Å². The van der Waals surface area contributed by atoms with Gasteiger partial charge in [0.2, 0.25) is 0 Å². The first kappa shape index (κ1) is 19.5. The molecule has 0 aliphatic heterocycles. The largest absolute Gasteiger partial charge is 0.479 e. The van der Waals surface area contributed by atoms with Crippen LogP contribution in [0.2, 0.25) is 0 Å². The minimum Gasteiger partial charge on any atom is -0.479 e. The van der Waals surface area contributed by atoms with Gasteiger partial charge < -0.3 is 19.2 Å². The lowest BCUT2D eigenvalue weighted by atomic mass is 10.2. The molecule has 2 rings (SSSR count). The van der Waals surface area contributed by atoms with Crippen LogP contribution < -0.4 is 15.4 Å². The van der Waals surface area contributed by atoms with Gasteiger partial charge in [-0.05, 0) is 43.3 Å². The van der Waals surface area contributed by atoms with Crippen LogP contribution in [-0.2, 0) is 20.9 Å². The molecule has 0 aliphatic rings. The number of amides is 3. The SMILES string of the molecule is CC(Oc1ccc(C#N)cc1)C(=O)OCC(=O)NC(=O)NCc1ccco1. The number of imide groups is 1. The molecule has 0 spiro atoms. The van der Waals surface area contributed by atoms with Crippen molar-refractivity contribution < 1.29 is 28.3 Å². The number of esters is 1. The quantitative estimate of drug-likeness (QED) is 0.705. The van der Waals surface area contributed by atoms with Gasteiger partial charge in [0.15, 0.2) is 12.7 Å². The number of nitriles is 1. The highest BCUT2D eigenvalue weighted by molar-refractivity contribution is 5.95. The summed E-state index contributed by atoms with van der Waals surface area (Å²) >= 11 is 0. The zero-order chi connectivity index (χ0) is 19.6. The molecule has 2 aromatic rings. The van der Waals surface area contributed by atoms with Crippen LogP contribution in [0.1, 0.15) is 18.2 Å².